The molecule has 4 nitrogen and oxygen atoms in total. The van der Waals surface area contributed by atoms with E-state index in [9.17, 15) is 0 Å². The van der Waals surface area contributed by atoms with Gasteiger partial charge < -0.3 is 10.4 Å². The van der Waals surface area contributed by atoms with Gasteiger partial charge in [-0.1, -0.05) is 0 Å². The fraction of sp³-hybridized carbons (Fsp3) is 0.600. The summed E-state index contributed by atoms with van der Waals surface area (Å²) >= 11 is 0. The molecule has 0 saturated carbocycles. The van der Waals surface area contributed by atoms with E-state index in [0.29, 0.717) is 0 Å². The maximum Gasteiger partial charge on any atom is 0.129 e. The number of nitrogens with zero attached hydrogens (tertiary/aromatic N) is 2. The Hall–Kier alpha value is -1.16. The van der Waals surface area contributed by atoms with Crippen LogP contribution < -0.4 is 5.32 Å². The van der Waals surface area contributed by atoms with Gasteiger partial charge in [-0.3, -0.25) is 0 Å². The minimum atomic E-state index is 0.284. The first-order valence-corrected chi connectivity index (χ1v) is 4.97. The van der Waals surface area contributed by atoms with Gasteiger partial charge in [-0.25, -0.2) is 9.97 Å². The number of unbranched alkanes of at least 4 members (excludes halogenated alkanes) is 2. The topological polar surface area (TPSA) is 58.0 Å². The maximum absolute atomic E-state index is 8.58. The number of rotatable bonds is 6. The zero-order valence-corrected chi connectivity index (χ0v) is 8.53. The largest absolute Gasteiger partial charge is 0.396 e. The van der Waals surface area contributed by atoms with E-state index < -0.39 is 0 Å². The van der Waals surface area contributed by atoms with E-state index in [1.54, 1.807) is 6.20 Å². The molecule has 14 heavy (non-hydrogen) atoms. The number of hydrogen-bond acceptors (Lipinski definition) is 4. The number of aryl methyl sites for hydroxylation is 1. The molecule has 0 aliphatic rings. The maximum atomic E-state index is 8.58. The summed E-state index contributed by atoms with van der Waals surface area (Å²) in [4.78, 5) is 8.23. The molecule has 0 saturated heterocycles. The number of anilines is 1. The Morgan fingerprint density at radius 3 is 2.93 bits per heavy atom. The fourth-order valence-electron chi connectivity index (χ4n) is 1.18. The van der Waals surface area contributed by atoms with E-state index in [1.807, 2.05) is 13.0 Å². The zero-order valence-electron chi connectivity index (χ0n) is 8.53. The Morgan fingerprint density at radius 2 is 2.21 bits per heavy atom. The summed E-state index contributed by atoms with van der Waals surface area (Å²) in [5, 5.41) is 11.8. The van der Waals surface area contributed by atoms with Gasteiger partial charge in [0.15, 0.2) is 0 Å². The minimum absolute atomic E-state index is 0.284. The van der Waals surface area contributed by atoms with Crippen molar-refractivity contribution in [2.75, 3.05) is 18.5 Å². The molecule has 0 atom stereocenters. The molecule has 1 aromatic rings. The molecule has 0 bridgehead atoms. The lowest BCUT2D eigenvalue weighted by atomic mass is 10.2. The van der Waals surface area contributed by atoms with Crippen molar-refractivity contribution in [1.82, 2.24) is 9.97 Å². The van der Waals surface area contributed by atoms with Crippen molar-refractivity contribution in [3.05, 3.63) is 18.1 Å². The third kappa shape index (κ3) is 4.18. The number of hydrogen-bond donors (Lipinski definition) is 2. The lowest BCUT2D eigenvalue weighted by Gasteiger charge is -2.04. The van der Waals surface area contributed by atoms with Crippen molar-refractivity contribution in [1.29, 1.82) is 0 Å². The smallest absolute Gasteiger partial charge is 0.129 e. The van der Waals surface area contributed by atoms with Gasteiger partial charge in [0.1, 0.15) is 11.6 Å². The van der Waals surface area contributed by atoms with Crippen molar-refractivity contribution in [3.63, 3.8) is 0 Å². The molecule has 0 radical (unpaired) electrons. The number of aromatic nitrogens is 2. The normalized spacial score (nSPS) is 10.1. The summed E-state index contributed by atoms with van der Waals surface area (Å²) in [5.74, 6) is 1.66. The molecule has 0 amide bonds. The SMILES string of the molecule is Cc1nccc(NCCCCCO)n1. The van der Waals surface area contributed by atoms with Crippen molar-refractivity contribution < 1.29 is 5.11 Å². The molecule has 4 heteroatoms. The van der Waals surface area contributed by atoms with Crippen LogP contribution in [0.2, 0.25) is 0 Å². The number of aliphatic hydroxyl groups is 1. The van der Waals surface area contributed by atoms with Gasteiger partial charge >= 0.3 is 0 Å². The summed E-state index contributed by atoms with van der Waals surface area (Å²) < 4.78 is 0. The summed E-state index contributed by atoms with van der Waals surface area (Å²) in [6, 6.07) is 1.86. The minimum Gasteiger partial charge on any atom is -0.396 e. The lowest BCUT2D eigenvalue weighted by molar-refractivity contribution is 0.283. The van der Waals surface area contributed by atoms with Gasteiger partial charge in [-0.05, 0) is 32.3 Å². The third-order valence-corrected chi connectivity index (χ3v) is 1.92. The van der Waals surface area contributed by atoms with Gasteiger partial charge in [0.25, 0.3) is 0 Å². The molecular formula is C10H17N3O. The summed E-state index contributed by atoms with van der Waals surface area (Å²) in [6.07, 6.45) is 4.74. The van der Waals surface area contributed by atoms with Gasteiger partial charge in [-0.15, -0.1) is 0 Å². The molecule has 0 aliphatic carbocycles. The highest BCUT2D eigenvalue weighted by atomic mass is 16.2. The highest BCUT2D eigenvalue weighted by molar-refractivity contribution is 5.32. The highest BCUT2D eigenvalue weighted by Crippen LogP contribution is 2.02. The number of nitrogens with one attached hydrogen (secondary N) is 1. The average molecular weight is 195 g/mol. The Morgan fingerprint density at radius 1 is 1.36 bits per heavy atom. The van der Waals surface area contributed by atoms with Crippen LogP contribution in [0.25, 0.3) is 0 Å². The van der Waals surface area contributed by atoms with E-state index in [-0.39, 0.29) is 6.61 Å². The monoisotopic (exact) mass is 195 g/mol. The van der Waals surface area contributed by atoms with Gasteiger partial charge in [0.2, 0.25) is 0 Å². The van der Waals surface area contributed by atoms with Crippen molar-refractivity contribution in [3.8, 4) is 0 Å². The quantitative estimate of drug-likeness (QED) is 0.673. The molecule has 0 aliphatic heterocycles. The molecule has 78 valence electrons. The van der Waals surface area contributed by atoms with Crippen LogP contribution in [-0.2, 0) is 0 Å². The van der Waals surface area contributed by atoms with E-state index >= 15 is 0 Å². The van der Waals surface area contributed by atoms with Crippen LogP contribution in [0.5, 0.6) is 0 Å². The predicted octanol–water partition coefficient (Wildman–Crippen LogP) is 1.36. The van der Waals surface area contributed by atoms with Crippen LogP contribution in [0.1, 0.15) is 25.1 Å². The van der Waals surface area contributed by atoms with Gasteiger partial charge in [0, 0.05) is 19.3 Å². The first-order valence-electron chi connectivity index (χ1n) is 4.97. The second kappa shape index (κ2) is 6.32. The summed E-state index contributed by atoms with van der Waals surface area (Å²) in [6.45, 7) is 3.06. The van der Waals surface area contributed by atoms with Crippen molar-refractivity contribution in [2.24, 2.45) is 0 Å². The molecule has 0 fully saturated rings. The van der Waals surface area contributed by atoms with Crippen LogP contribution >= 0.6 is 0 Å². The first-order chi connectivity index (χ1) is 6.83. The van der Waals surface area contributed by atoms with Crippen LogP contribution in [0.3, 0.4) is 0 Å². The molecule has 1 rings (SSSR count). The van der Waals surface area contributed by atoms with Crippen LogP contribution in [0.4, 0.5) is 5.82 Å². The standard InChI is InChI=1S/C10H17N3O/c1-9-11-7-5-10(13-9)12-6-3-2-4-8-14/h5,7,14H,2-4,6,8H2,1H3,(H,11,12,13). The highest BCUT2D eigenvalue weighted by Gasteiger charge is 1.93. The second-order valence-corrected chi connectivity index (χ2v) is 3.20. The fourth-order valence-corrected chi connectivity index (χ4v) is 1.18. The van der Waals surface area contributed by atoms with Crippen molar-refractivity contribution >= 4 is 5.82 Å². The van der Waals surface area contributed by atoms with Gasteiger partial charge in [0.05, 0.1) is 0 Å². The van der Waals surface area contributed by atoms with Crippen LogP contribution in [0, 0.1) is 6.92 Å². The van der Waals surface area contributed by atoms with E-state index in [0.717, 1.165) is 37.4 Å². The molecular weight excluding hydrogens is 178 g/mol. The third-order valence-electron chi connectivity index (χ3n) is 1.92. The van der Waals surface area contributed by atoms with E-state index in [2.05, 4.69) is 15.3 Å². The summed E-state index contributed by atoms with van der Waals surface area (Å²) in [7, 11) is 0. The average Bonchev–Trinajstić information content (AvgIpc) is 2.18. The Bertz CT molecular complexity index is 265. The van der Waals surface area contributed by atoms with Crippen molar-refractivity contribution in [2.45, 2.75) is 26.2 Å². The molecule has 0 unspecified atom stereocenters. The van der Waals surface area contributed by atoms with E-state index in [1.165, 1.54) is 0 Å². The Labute approximate surface area is 84.4 Å². The first kappa shape index (κ1) is 10.9. The lowest BCUT2D eigenvalue weighted by Crippen LogP contribution is -2.04. The van der Waals surface area contributed by atoms with Crippen LogP contribution in [-0.4, -0.2) is 28.2 Å². The van der Waals surface area contributed by atoms with Crippen LogP contribution in [0.15, 0.2) is 12.3 Å². The second-order valence-electron chi connectivity index (χ2n) is 3.20. The zero-order chi connectivity index (χ0) is 10.2. The molecule has 1 heterocycles. The van der Waals surface area contributed by atoms with E-state index in [4.69, 9.17) is 5.11 Å². The summed E-state index contributed by atoms with van der Waals surface area (Å²) in [5.41, 5.74) is 0. The Balaban J connectivity index is 2.18. The molecule has 2 N–H and O–H groups in total. The predicted molar refractivity (Wildman–Crippen MR) is 56.2 cm³/mol. The molecule has 1 aromatic heterocycles. The number of aliphatic hydroxyl groups excluding tert-OH is 1. The van der Waals surface area contributed by atoms with Gasteiger partial charge in [-0.2, -0.15) is 0 Å². The molecule has 0 spiro atoms. The molecule has 0 aromatic carbocycles. The Kier molecular flexibility index (Phi) is 4.93.